The van der Waals surface area contributed by atoms with Crippen LogP contribution in [0.15, 0.2) is 23.6 Å². The molecule has 0 aliphatic carbocycles. The van der Waals surface area contributed by atoms with Gasteiger partial charge in [-0.05, 0) is 18.1 Å². The largest absolute Gasteiger partial charge is 0.496 e. The molecule has 0 spiro atoms. The Bertz CT molecular complexity index is 623. The minimum absolute atomic E-state index is 0.315. The van der Waals surface area contributed by atoms with E-state index in [4.69, 9.17) is 10.5 Å². The fourth-order valence-electron chi connectivity index (χ4n) is 1.73. The number of carbonyl (C=O) groups is 1. The van der Waals surface area contributed by atoms with Gasteiger partial charge in [-0.3, -0.25) is 10.1 Å². The van der Waals surface area contributed by atoms with Crippen LogP contribution in [0, 0.1) is 0 Å². The summed E-state index contributed by atoms with van der Waals surface area (Å²) in [5, 5.41) is 5.25. The molecule has 1 aromatic heterocycles. The smallest absolute Gasteiger partial charge is 0.263 e. The number of rotatable bonds is 4. The lowest BCUT2D eigenvalue weighted by atomic mass is 10.1. The molecule has 106 valence electrons. The van der Waals surface area contributed by atoms with Crippen molar-refractivity contribution >= 4 is 28.1 Å². The number of thiazole rings is 1. The average molecular weight is 291 g/mol. The van der Waals surface area contributed by atoms with Crippen molar-refractivity contribution < 1.29 is 9.53 Å². The summed E-state index contributed by atoms with van der Waals surface area (Å²) >= 11 is 1.40. The molecular formula is C14H17N3O2S. The maximum absolute atomic E-state index is 12.3. The molecule has 3 N–H and O–H groups in total. The molecule has 0 radical (unpaired) electrons. The second kappa shape index (κ2) is 5.92. The van der Waals surface area contributed by atoms with E-state index in [2.05, 4.69) is 24.1 Å². The van der Waals surface area contributed by atoms with E-state index in [1.807, 2.05) is 5.38 Å². The van der Waals surface area contributed by atoms with E-state index >= 15 is 0 Å². The van der Waals surface area contributed by atoms with Gasteiger partial charge in [0.25, 0.3) is 5.91 Å². The van der Waals surface area contributed by atoms with Crippen LogP contribution >= 0.6 is 11.3 Å². The molecule has 1 amide bonds. The van der Waals surface area contributed by atoms with Crippen LogP contribution in [-0.4, -0.2) is 18.0 Å². The van der Waals surface area contributed by atoms with Crippen molar-refractivity contribution in [2.24, 2.45) is 0 Å². The number of amides is 1. The SMILES string of the molecule is COc1cccc(N)c1C(=O)Nc1nc(C(C)C)cs1. The number of ether oxygens (including phenoxy) is 1. The molecule has 5 nitrogen and oxygen atoms in total. The van der Waals surface area contributed by atoms with Gasteiger partial charge < -0.3 is 10.5 Å². The maximum atomic E-state index is 12.3. The average Bonchev–Trinajstić information content (AvgIpc) is 2.86. The normalized spacial score (nSPS) is 10.6. The van der Waals surface area contributed by atoms with E-state index in [1.54, 1.807) is 18.2 Å². The molecule has 0 aliphatic heterocycles. The summed E-state index contributed by atoms with van der Waals surface area (Å²) in [7, 11) is 1.51. The van der Waals surface area contributed by atoms with Gasteiger partial charge in [0, 0.05) is 11.1 Å². The molecule has 1 heterocycles. The van der Waals surface area contributed by atoms with Crippen LogP contribution in [0.25, 0.3) is 0 Å². The monoisotopic (exact) mass is 291 g/mol. The Labute approximate surface area is 121 Å². The number of nitrogens with two attached hydrogens (primary N) is 1. The second-order valence-corrected chi connectivity index (χ2v) is 5.47. The number of anilines is 2. The van der Waals surface area contributed by atoms with Crippen LogP contribution in [0.5, 0.6) is 5.75 Å². The number of benzene rings is 1. The molecule has 1 aromatic carbocycles. The van der Waals surface area contributed by atoms with Crippen molar-refractivity contribution in [3.63, 3.8) is 0 Å². The molecule has 0 unspecified atom stereocenters. The third kappa shape index (κ3) is 2.91. The fourth-order valence-corrected chi connectivity index (χ4v) is 2.60. The minimum Gasteiger partial charge on any atom is -0.496 e. The Kier molecular flexibility index (Phi) is 4.24. The Morgan fingerprint density at radius 1 is 1.45 bits per heavy atom. The number of carbonyl (C=O) groups excluding carboxylic acids is 1. The highest BCUT2D eigenvalue weighted by Gasteiger charge is 2.17. The van der Waals surface area contributed by atoms with Crippen molar-refractivity contribution in [2.75, 3.05) is 18.2 Å². The molecule has 0 fully saturated rings. The zero-order chi connectivity index (χ0) is 14.7. The number of aromatic nitrogens is 1. The number of hydrogen-bond acceptors (Lipinski definition) is 5. The molecule has 0 atom stereocenters. The summed E-state index contributed by atoms with van der Waals surface area (Å²) < 4.78 is 5.17. The van der Waals surface area contributed by atoms with Crippen LogP contribution < -0.4 is 15.8 Å². The van der Waals surface area contributed by atoms with Crippen molar-refractivity contribution in [3.05, 3.63) is 34.8 Å². The summed E-state index contributed by atoms with van der Waals surface area (Å²) in [6.07, 6.45) is 0. The van der Waals surface area contributed by atoms with Crippen LogP contribution in [0.1, 0.15) is 35.8 Å². The topological polar surface area (TPSA) is 77.2 Å². The predicted octanol–water partition coefficient (Wildman–Crippen LogP) is 3.11. The zero-order valence-electron chi connectivity index (χ0n) is 11.6. The molecule has 6 heteroatoms. The van der Waals surface area contributed by atoms with E-state index in [-0.39, 0.29) is 5.91 Å². The summed E-state index contributed by atoms with van der Waals surface area (Å²) in [5.41, 5.74) is 7.51. The van der Waals surface area contributed by atoms with Gasteiger partial charge in [-0.15, -0.1) is 11.3 Å². The third-order valence-electron chi connectivity index (χ3n) is 2.84. The van der Waals surface area contributed by atoms with Crippen LogP contribution in [0.3, 0.4) is 0 Å². The van der Waals surface area contributed by atoms with Crippen LogP contribution in [-0.2, 0) is 0 Å². The van der Waals surface area contributed by atoms with E-state index in [0.717, 1.165) is 5.69 Å². The Balaban J connectivity index is 2.23. The van der Waals surface area contributed by atoms with Gasteiger partial charge in [0.2, 0.25) is 0 Å². The van der Waals surface area contributed by atoms with E-state index < -0.39 is 0 Å². The van der Waals surface area contributed by atoms with Gasteiger partial charge in [0.1, 0.15) is 11.3 Å². The van der Waals surface area contributed by atoms with Gasteiger partial charge in [0.15, 0.2) is 5.13 Å². The number of nitrogens with zero attached hydrogens (tertiary/aromatic N) is 1. The molecule has 0 saturated heterocycles. The van der Waals surface area contributed by atoms with Crippen LogP contribution in [0.4, 0.5) is 10.8 Å². The number of hydrogen-bond donors (Lipinski definition) is 2. The molecule has 0 saturated carbocycles. The highest BCUT2D eigenvalue weighted by atomic mass is 32.1. The van der Waals surface area contributed by atoms with Crippen molar-refractivity contribution in [3.8, 4) is 5.75 Å². The first kappa shape index (κ1) is 14.3. The van der Waals surface area contributed by atoms with Crippen molar-refractivity contribution in [2.45, 2.75) is 19.8 Å². The first-order valence-electron chi connectivity index (χ1n) is 6.22. The highest BCUT2D eigenvalue weighted by molar-refractivity contribution is 7.14. The first-order chi connectivity index (χ1) is 9.52. The minimum atomic E-state index is -0.315. The summed E-state index contributed by atoms with van der Waals surface area (Å²) in [4.78, 5) is 16.7. The van der Waals surface area contributed by atoms with E-state index in [9.17, 15) is 4.79 Å². The lowest BCUT2D eigenvalue weighted by Crippen LogP contribution is -2.15. The van der Waals surface area contributed by atoms with E-state index in [1.165, 1.54) is 18.4 Å². The predicted molar refractivity (Wildman–Crippen MR) is 81.6 cm³/mol. The zero-order valence-corrected chi connectivity index (χ0v) is 12.5. The highest BCUT2D eigenvalue weighted by Crippen LogP contribution is 2.27. The fraction of sp³-hybridized carbons (Fsp3) is 0.286. The summed E-state index contributed by atoms with van der Waals surface area (Å²) in [6.45, 7) is 4.11. The lowest BCUT2D eigenvalue weighted by molar-refractivity contribution is 0.102. The van der Waals surface area contributed by atoms with Gasteiger partial charge in [-0.2, -0.15) is 0 Å². The van der Waals surface area contributed by atoms with Crippen LogP contribution in [0.2, 0.25) is 0 Å². The molecule has 0 bridgehead atoms. The molecule has 0 aliphatic rings. The van der Waals surface area contributed by atoms with Gasteiger partial charge in [0.05, 0.1) is 12.8 Å². The summed E-state index contributed by atoms with van der Waals surface area (Å²) in [6, 6.07) is 5.11. The first-order valence-corrected chi connectivity index (χ1v) is 7.10. The standard InChI is InChI=1S/C14H17N3O2S/c1-8(2)10-7-20-14(16-10)17-13(18)12-9(15)5-4-6-11(12)19-3/h4-8H,15H2,1-3H3,(H,16,17,18). The van der Waals surface area contributed by atoms with Gasteiger partial charge in [-0.25, -0.2) is 4.98 Å². The van der Waals surface area contributed by atoms with E-state index in [0.29, 0.717) is 28.0 Å². The molecular weight excluding hydrogens is 274 g/mol. The maximum Gasteiger partial charge on any atom is 0.263 e. The van der Waals surface area contributed by atoms with Gasteiger partial charge in [-0.1, -0.05) is 19.9 Å². The summed E-state index contributed by atoms with van der Waals surface area (Å²) in [5.74, 6) is 0.459. The number of nitrogen functional groups attached to an aromatic ring is 1. The quantitative estimate of drug-likeness (QED) is 0.848. The molecule has 20 heavy (non-hydrogen) atoms. The van der Waals surface area contributed by atoms with Crippen molar-refractivity contribution in [1.82, 2.24) is 4.98 Å². The Morgan fingerprint density at radius 3 is 2.80 bits per heavy atom. The Hall–Kier alpha value is -2.08. The third-order valence-corrected chi connectivity index (χ3v) is 3.62. The molecule has 2 rings (SSSR count). The van der Waals surface area contributed by atoms with Crippen molar-refractivity contribution in [1.29, 1.82) is 0 Å². The second-order valence-electron chi connectivity index (χ2n) is 4.61. The Morgan fingerprint density at radius 2 is 2.20 bits per heavy atom. The number of methoxy groups -OCH3 is 1. The molecule has 2 aromatic rings. The number of nitrogens with one attached hydrogen (secondary N) is 1. The van der Waals surface area contributed by atoms with Gasteiger partial charge >= 0.3 is 0 Å². The lowest BCUT2D eigenvalue weighted by Gasteiger charge is -2.10.